The van der Waals surface area contributed by atoms with Crippen LogP contribution in [0.1, 0.15) is 31.9 Å². The summed E-state index contributed by atoms with van der Waals surface area (Å²) in [7, 11) is 0. The van der Waals surface area contributed by atoms with Gasteiger partial charge in [-0.05, 0) is 67.3 Å². The fourth-order valence-corrected chi connectivity index (χ4v) is 4.05. The number of carbonyl (C=O) groups is 2. The Hall–Kier alpha value is -4.39. The Morgan fingerprint density at radius 1 is 0.889 bits per heavy atom. The Labute approximate surface area is 211 Å². The van der Waals surface area contributed by atoms with Gasteiger partial charge in [0.1, 0.15) is 0 Å². The van der Waals surface area contributed by atoms with E-state index in [4.69, 9.17) is 0 Å². The molecule has 0 aromatic heterocycles. The highest BCUT2D eigenvalue weighted by Crippen LogP contribution is 2.26. The molecule has 0 fully saturated rings. The molecule has 3 aromatic carbocycles. The molecule has 3 aromatic rings. The number of anilines is 4. The molecule has 184 valence electrons. The van der Waals surface area contributed by atoms with Crippen LogP contribution in [0, 0.1) is 0 Å². The molecule has 0 aliphatic carbocycles. The lowest BCUT2D eigenvalue weighted by molar-refractivity contribution is -0.115. The van der Waals surface area contributed by atoms with Crippen molar-refractivity contribution in [3.63, 3.8) is 0 Å². The number of hydrazone groups is 1. The van der Waals surface area contributed by atoms with Gasteiger partial charge in [0, 0.05) is 23.3 Å². The van der Waals surface area contributed by atoms with Gasteiger partial charge in [0.2, 0.25) is 5.91 Å². The first kappa shape index (κ1) is 24.7. The Kier molecular flexibility index (Phi) is 7.80. The van der Waals surface area contributed by atoms with Gasteiger partial charge in [0.15, 0.2) is 0 Å². The van der Waals surface area contributed by atoms with Crippen molar-refractivity contribution in [2.24, 2.45) is 5.10 Å². The first-order chi connectivity index (χ1) is 17.5. The topological polar surface area (TPSA) is 85.8 Å². The standard InChI is InChI=1S/C29H31N5O2/c1-4-21-10-6-8-12-26(21)30-18-25-20(3)33-34(29(25)36)24-16-14-23(15-17-24)32-28(35)19-31-27-13-9-7-11-22(27)5-2/h6-18,30-31H,4-5,19H2,1-3H3,(H,32,35). The molecule has 36 heavy (non-hydrogen) atoms. The van der Waals surface area contributed by atoms with E-state index < -0.39 is 0 Å². The van der Waals surface area contributed by atoms with Gasteiger partial charge >= 0.3 is 0 Å². The number of para-hydroxylation sites is 2. The minimum absolute atomic E-state index is 0.150. The van der Waals surface area contributed by atoms with Crippen molar-refractivity contribution in [3.8, 4) is 0 Å². The summed E-state index contributed by atoms with van der Waals surface area (Å²) in [5, 5.41) is 15.2. The van der Waals surface area contributed by atoms with Gasteiger partial charge in [-0.25, -0.2) is 0 Å². The van der Waals surface area contributed by atoms with Crippen molar-refractivity contribution in [3.05, 3.63) is 95.7 Å². The maximum Gasteiger partial charge on any atom is 0.282 e. The summed E-state index contributed by atoms with van der Waals surface area (Å²) >= 11 is 0. The lowest BCUT2D eigenvalue weighted by Gasteiger charge is -2.14. The van der Waals surface area contributed by atoms with Crippen LogP contribution in [0.5, 0.6) is 0 Å². The van der Waals surface area contributed by atoms with Crippen LogP contribution in [-0.4, -0.2) is 24.1 Å². The van der Waals surface area contributed by atoms with Gasteiger partial charge in [-0.2, -0.15) is 10.1 Å². The molecule has 0 radical (unpaired) electrons. The number of rotatable bonds is 9. The van der Waals surface area contributed by atoms with Crippen molar-refractivity contribution >= 4 is 40.3 Å². The van der Waals surface area contributed by atoms with E-state index in [0.717, 1.165) is 24.2 Å². The summed E-state index contributed by atoms with van der Waals surface area (Å²) < 4.78 is 0. The number of benzene rings is 3. The number of nitrogens with zero attached hydrogens (tertiary/aromatic N) is 2. The molecule has 0 atom stereocenters. The van der Waals surface area contributed by atoms with Gasteiger partial charge in [-0.3, -0.25) is 9.59 Å². The molecule has 0 saturated heterocycles. The minimum atomic E-state index is -0.204. The summed E-state index contributed by atoms with van der Waals surface area (Å²) in [6, 6.07) is 23.0. The second-order valence-electron chi connectivity index (χ2n) is 8.47. The van der Waals surface area contributed by atoms with Crippen LogP contribution in [0.15, 0.2) is 89.7 Å². The minimum Gasteiger partial charge on any atom is -0.376 e. The lowest BCUT2D eigenvalue weighted by atomic mass is 10.1. The summed E-state index contributed by atoms with van der Waals surface area (Å²) in [5.41, 5.74) is 6.70. The largest absolute Gasteiger partial charge is 0.376 e. The average molecular weight is 482 g/mol. The first-order valence-electron chi connectivity index (χ1n) is 12.2. The molecule has 0 saturated carbocycles. The first-order valence-corrected chi connectivity index (χ1v) is 12.2. The molecule has 0 bridgehead atoms. The van der Waals surface area contributed by atoms with Crippen molar-refractivity contribution in [2.45, 2.75) is 33.6 Å². The number of nitrogens with one attached hydrogen (secondary N) is 3. The molecular weight excluding hydrogens is 450 g/mol. The normalized spacial score (nSPS) is 14.1. The molecule has 0 spiro atoms. The fourth-order valence-electron chi connectivity index (χ4n) is 4.05. The molecule has 7 nitrogen and oxygen atoms in total. The van der Waals surface area contributed by atoms with E-state index in [1.54, 1.807) is 30.5 Å². The second-order valence-corrected chi connectivity index (χ2v) is 8.47. The number of aryl methyl sites for hydroxylation is 2. The van der Waals surface area contributed by atoms with Crippen molar-refractivity contribution < 1.29 is 9.59 Å². The monoisotopic (exact) mass is 481 g/mol. The number of carbonyl (C=O) groups excluding carboxylic acids is 2. The fraction of sp³-hybridized carbons (Fsp3) is 0.207. The molecule has 2 amide bonds. The van der Waals surface area contributed by atoms with Gasteiger partial charge < -0.3 is 16.0 Å². The summed E-state index contributed by atoms with van der Waals surface area (Å²) in [4.78, 5) is 25.5. The van der Waals surface area contributed by atoms with E-state index in [9.17, 15) is 9.59 Å². The SMILES string of the molecule is CCc1ccccc1NC=C1C(=O)N(c2ccc(NC(=O)CNc3ccccc3CC)cc2)N=C1C. The predicted octanol–water partition coefficient (Wildman–Crippen LogP) is 5.58. The molecule has 0 unspecified atom stereocenters. The van der Waals surface area contributed by atoms with Crippen LogP contribution in [0.4, 0.5) is 22.7 Å². The van der Waals surface area contributed by atoms with Crippen LogP contribution in [0.2, 0.25) is 0 Å². The third-order valence-electron chi connectivity index (χ3n) is 6.07. The van der Waals surface area contributed by atoms with E-state index in [2.05, 4.69) is 41.0 Å². The third-order valence-corrected chi connectivity index (χ3v) is 6.07. The Morgan fingerprint density at radius 2 is 1.50 bits per heavy atom. The van der Waals surface area contributed by atoms with E-state index in [-0.39, 0.29) is 18.4 Å². The maximum atomic E-state index is 13.1. The zero-order valence-electron chi connectivity index (χ0n) is 20.8. The summed E-state index contributed by atoms with van der Waals surface area (Å²) in [6.45, 7) is 6.15. The lowest BCUT2D eigenvalue weighted by Crippen LogP contribution is -2.23. The van der Waals surface area contributed by atoms with Gasteiger partial charge in [-0.1, -0.05) is 50.2 Å². The molecule has 1 aliphatic rings. The number of hydrogen-bond donors (Lipinski definition) is 3. The number of amides is 2. The molecule has 1 aliphatic heterocycles. The van der Waals surface area contributed by atoms with Gasteiger partial charge in [0.05, 0.1) is 23.5 Å². The smallest absolute Gasteiger partial charge is 0.282 e. The van der Waals surface area contributed by atoms with Gasteiger partial charge in [0.25, 0.3) is 5.91 Å². The van der Waals surface area contributed by atoms with Crippen molar-refractivity contribution in [1.82, 2.24) is 0 Å². The van der Waals surface area contributed by atoms with Crippen molar-refractivity contribution in [2.75, 3.05) is 27.5 Å². The second kappa shape index (κ2) is 11.4. The van der Waals surface area contributed by atoms with Crippen molar-refractivity contribution in [1.29, 1.82) is 0 Å². The van der Waals surface area contributed by atoms with E-state index in [1.165, 1.54) is 16.1 Å². The van der Waals surface area contributed by atoms with E-state index in [1.807, 2.05) is 49.4 Å². The molecular formula is C29H31N5O2. The van der Waals surface area contributed by atoms with Gasteiger partial charge in [-0.15, -0.1) is 0 Å². The summed E-state index contributed by atoms with van der Waals surface area (Å²) in [6.07, 6.45) is 3.50. The number of hydrogen-bond acceptors (Lipinski definition) is 5. The highest BCUT2D eigenvalue weighted by Gasteiger charge is 2.28. The molecule has 4 rings (SSSR count). The quantitative estimate of drug-likeness (QED) is 0.348. The Morgan fingerprint density at radius 3 is 2.17 bits per heavy atom. The Balaban J connectivity index is 1.37. The van der Waals surface area contributed by atoms with Crippen LogP contribution in [0.3, 0.4) is 0 Å². The highest BCUT2D eigenvalue weighted by molar-refractivity contribution is 6.29. The average Bonchev–Trinajstić information content (AvgIpc) is 3.19. The zero-order valence-corrected chi connectivity index (χ0v) is 20.8. The van der Waals surface area contributed by atoms with Crippen LogP contribution >= 0.6 is 0 Å². The molecule has 3 N–H and O–H groups in total. The van der Waals surface area contributed by atoms with Crippen LogP contribution < -0.4 is 21.0 Å². The Bertz CT molecular complexity index is 1310. The highest BCUT2D eigenvalue weighted by atomic mass is 16.2. The zero-order chi connectivity index (χ0) is 25.5. The molecule has 1 heterocycles. The molecule has 7 heteroatoms. The predicted molar refractivity (Wildman–Crippen MR) is 148 cm³/mol. The maximum absolute atomic E-state index is 13.1. The third kappa shape index (κ3) is 5.63. The van der Waals surface area contributed by atoms with Crippen LogP contribution in [0.25, 0.3) is 0 Å². The summed E-state index contributed by atoms with van der Waals surface area (Å²) in [5.74, 6) is -0.354. The van der Waals surface area contributed by atoms with E-state index >= 15 is 0 Å². The van der Waals surface area contributed by atoms with E-state index in [0.29, 0.717) is 22.7 Å². The van der Waals surface area contributed by atoms with Crippen LogP contribution in [-0.2, 0) is 22.4 Å².